The number of halogens is 1. The normalized spacial score (nSPS) is 25.4. The lowest BCUT2D eigenvalue weighted by Crippen LogP contribution is -2.33. The molecule has 0 radical (unpaired) electrons. The Morgan fingerprint density at radius 2 is 2.41 bits per heavy atom. The van der Waals surface area contributed by atoms with Crippen molar-refractivity contribution < 1.29 is 9.90 Å². The van der Waals surface area contributed by atoms with Gasteiger partial charge in [-0.3, -0.25) is 9.69 Å². The molecule has 5 nitrogen and oxygen atoms in total. The van der Waals surface area contributed by atoms with Crippen molar-refractivity contribution in [1.82, 2.24) is 14.5 Å². The SMILES string of the molecule is CC1C(C(=O)O)CCN1Cc1ncc(Cl)n1C. The molecule has 1 fully saturated rings. The number of rotatable bonds is 3. The standard InChI is InChI=1S/C11H16ClN3O2/c1-7-8(11(16)17)3-4-15(7)6-10-13-5-9(12)14(10)2/h5,7-8H,3-4,6H2,1-2H3,(H,16,17). The van der Waals surface area contributed by atoms with E-state index in [9.17, 15) is 4.79 Å². The van der Waals surface area contributed by atoms with Gasteiger partial charge >= 0.3 is 5.97 Å². The first kappa shape index (κ1) is 12.4. The van der Waals surface area contributed by atoms with E-state index >= 15 is 0 Å². The maximum Gasteiger partial charge on any atom is 0.308 e. The molecule has 6 heteroatoms. The van der Waals surface area contributed by atoms with Crippen LogP contribution in [0.25, 0.3) is 0 Å². The lowest BCUT2D eigenvalue weighted by atomic mass is 10.0. The zero-order valence-corrected chi connectivity index (χ0v) is 10.7. The number of aliphatic carboxylic acids is 1. The fourth-order valence-corrected chi connectivity index (χ4v) is 2.46. The number of carboxylic acid groups (broad SMARTS) is 1. The van der Waals surface area contributed by atoms with Crippen LogP contribution in [0.2, 0.25) is 5.15 Å². The van der Waals surface area contributed by atoms with Gasteiger partial charge in [-0.1, -0.05) is 11.6 Å². The highest BCUT2D eigenvalue weighted by molar-refractivity contribution is 6.29. The largest absolute Gasteiger partial charge is 0.481 e. The van der Waals surface area contributed by atoms with Crippen LogP contribution >= 0.6 is 11.6 Å². The van der Waals surface area contributed by atoms with E-state index in [0.717, 1.165) is 12.4 Å². The number of likely N-dealkylation sites (tertiary alicyclic amines) is 1. The van der Waals surface area contributed by atoms with Crippen LogP contribution in [0.1, 0.15) is 19.2 Å². The number of hydrogen-bond acceptors (Lipinski definition) is 3. The highest BCUT2D eigenvalue weighted by Gasteiger charge is 2.35. The minimum absolute atomic E-state index is 0.0444. The highest BCUT2D eigenvalue weighted by atomic mass is 35.5. The van der Waals surface area contributed by atoms with E-state index in [1.54, 1.807) is 6.20 Å². The van der Waals surface area contributed by atoms with Crippen molar-refractivity contribution in [3.63, 3.8) is 0 Å². The quantitative estimate of drug-likeness (QED) is 0.889. The van der Waals surface area contributed by atoms with Crippen LogP contribution in [-0.2, 0) is 18.4 Å². The Morgan fingerprint density at radius 3 is 2.88 bits per heavy atom. The molecule has 0 amide bonds. The van der Waals surface area contributed by atoms with Crippen molar-refractivity contribution in [2.45, 2.75) is 25.9 Å². The number of hydrogen-bond donors (Lipinski definition) is 1. The molecule has 1 saturated heterocycles. The van der Waals surface area contributed by atoms with E-state index in [-0.39, 0.29) is 12.0 Å². The van der Waals surface area contributed by atoms with E-state index in [4.69, 9.17) is 16.7 Å². The van der Waals surface area contributed by atoms with Crippen molar-refractivity contribution in [1.29, 1.82) is 0 Å². The van der Waals surface area contributed by atoms with Gasteiger partial charge in [-0.15, -0.1) is 0 Å². The van der Waals surface area contributed by atoms with Crippen molar-refractivity contribution in [2.24, 2.45) is 13.0 Å². The lowest BCUT2D eigenvalue weighted by molar-refractivity contribution is -0.142. The number of aromatic nitrogens is 2. The van der Waals surface area contributed by atoms with Gasteiger partial charge in [0.2, 0.25) is 0 Å². The molecule has 0 aliphatic carbocycles. The van der Waals surface area contributed by atoms with Gasteiger partial charge in [-0.2, -0.15) is 0 Å². The van der Waals surface area contributed by atoms with Gasteiger partial charge in [0.25, 0.3) is 0 Å². The first-order valence-corrected chi connectivity index (χ1v) is 6.01. The minimum atomic E-state index is -0.710. The summed E-state index contributed by atoms with van der Waals surface area (Å²) < 4.78 is 1.82. The van der Waals surface area contributed by atoms with Gasteiger partial charge in [0.15, 0.2) is 0 Å². The third-order valence-electron chi connectivity index (χ3n) is 3.58. The molecule has 2 atom stereocenters. The number of carbonyl (C=O) groups is 1. The highest BCUT2D eigenvalue weighted by Crippen LogP contribution is 2.26. The Hall–Kier alpha value is -1.07. The fourth-order valence-electron chi connectivity index (χ4n) is 2.31. The Kier molecular flexibility index (Phi) is 3.40. The topological polar surface area (TPSA) is 58.4 Å². The Balaban J connectivity index is 2.06. The van der Waals surface area contributed by atoms with Crippen molar-refractivity contribution >= 4 is 17.6 Å². The summed E-state index contributed by atoms with van der Waals surface area (Å²) >= 11 is 5.92. The first-order valence-electron chi connectivity index (χ1n) is 5.63. The van der Waals surface area contributed by atoms with Crippen LogP contribution in [0.4, 0.5) is 0 Å². The second-order valence-electron chi connectivity index (χ2n) is 4.50. The summed E-state index contributed by atoms with van der Waals surface area (Å²) in [5, 5.41) is 9.66. The zero-order chi connectivity index (χ0) is 12.6. The van der Waals surface area contributed by atoms with Crippen molar-refractivity contribution in [2.75, 3.05) is 6.54 Å². The minimum Gasteiger partial charge on any atom is -0.481 e. The Labute approximate surface area is 105 Å². The molecule has 0 bridgehead atoms. The van der Waals surface area contributed by atoms with Crippen LogP contribution < -0.4 is 0 Å². The average molecular weight is 258 g/mol. The molecule has 2 rings (SSSR count). The summed E-state index contributed by atoms with van der Waals surface area (Å²) in [7, 11) is 1.86. The van der Waals surface area contributed by atoms with Crippen molar-refractivity contribution in [3.05, 3.63) is 17.2 Å². The van der Waals surface area contributed by atoms with Crippen LogP contribution in [0.5, 0.6) is 0 Å². The summed E-state index contributed by atoms with van der Waals surface area (Å²) in [5.74, 6) is -0.114. The van der Waals surface area contributed by atoms with Gasteiger partial charge in [-0.05, 0) is 19.9 Å². The molecule has 94 valence electrons. The van der Waals surface area contributed by atoms with E-state index in [1.165, 1.54) is 0 Å². The molecular formula is C11H16ClN3O2. The molecule has 0 spiro atoms. The van der Waals surface area contributed by atoms with Gasteiger partial charge in [0, 0.05) is 13.1 Å². The zero-order valence-electron chi connectivity index (χ0n) is 9.93. The lowest BCUT2D eigenvalue weighted by Gasteiger charge is -2.22. The molecule has 2 heterocycles. The smallest absolute Gasteiger partial charge is 0.308 e. The predicted molar refractivity (Wildman–Crippen MR) is 63.8 cm³/mol. The van der Waals surface area contributed by atoms with Crippen molar-refractivity contribution in [3.8, 4) is 0 Å². The van der Waals surface area contributed by atoms with E-state index in [2.05, 4.69) is 9.88 Å². The summed E-state index contributed by atoms with van der Waals surface area (Å²) in [6.45, 7) is 3.40. The summed E-state index contributed by atoms with van der Waals surface area (Å²) in [5.41, 5.74) is 0. The number of imidazole rings is 1. The van der Waals surface area contributed by atoms with Crippen LogP contribution in [-0.4, -0.2) is 38.1 Å². The van der Waals surface area contributed by atoms with Gasteiger partial charge in [0.1, 0.15) is 11.0 Å². The fraction of sp³-hybridized carbons (Fsp3) is 0.636. The maximum absolute atomic E-state index is 11.0. The molecule has 17 heavy (non-hydrogen) atoms. The summed E-state index contributed by atoms with van der Waals surface area (Å²) in [6, 6.07) is 0.0444. The molecule has 0 saturated carbocycles. The first-order chi connectivity index (χ1) is 8.00. The third-order valence-corrected chi connectivity index (χ3v) is 3.93. The average Bonchev–Trinajstić information content (AvgIpc) is 2.77. The molecular weight excluding hydrogens is 242 g/mol. The van der Waals surface area contributed by atoms with Gasteiger partial charge in [0.05, 0.1) is 18.7 Å². The second-order valence-corrected chi connectivity index (χ2v) is 4.89. The molecule has 1 aromatic heterocycles. The van der Waals surface area contributed by atoms with Gasteiger partial charge in [-0.25, -0.2) is 4.98 Å². The maximum atomic E-state index is 11.0. The molecule has 2 unspecified atom stereocenters. The van der Waals surface area contributed by atoms with Crippen LogP contribution in [0.15, 0.2) is 6.20 Å². The Bertz CT molecular complexity index is 432. The molecule has 1 aliphatic rings. The van der Waals surface area contributed by atoms with Crippen LogP contribution in [0.3, 0.4) is 0 Å². The van der Waals surface area contributed by atoms with Gasteiger partial charge < -0.3 is 9.67 Å². The van der Waals surface area contributed by atoms with Crippen LogP contribution in [0, 0.1) is 5.92 Å². The van der Waals surface area contributed by atoms with E-state index in [0.29, 0.717) is 18.1 Å². The summed E-state index contributed by atoms with van der Waals surface area (Å²) in [6.07, 6.45) is 2.32. The molecule has 1 N–H and O–H groups in total. The summed E-state index contributed by atoms with van der Waals surface area (Å²) in [4.78, 5) is 17.4. The second kappa shape index (κ2) is 4.66. The Morgan fingerprint density at radius 1 is 1.71 bits per heavy atom. The molecule has 0 aromatic carbocycles. The number of carboxylic acids is 1. The monoisotopic (exact) mass is 257 g/mol. The molecule has 1 aliphatic heterocycles. The third kappa shape index (κ3) is 2.30. The number of nitrogens with zero attached hydrogens (tertiary/aromatic N) is 3. The predicted octanol–water partition coefficient (Wildman–Crippen LogP) is 1.37. The van der Waals surface area contributed by atoms with E-state index in [1.807, 2.05) is 18.5 Å². The van der Waals surface area contributed by atoms with E-state index < -0.39 is 5.97 Å². The molecule has 1 aromatic rings.